The van der Waals surface area contributed by atoms with E-state index < -0.39 is 0 Å². The standard InChI is InChI=1S/C18H20N2O2/c1-20(22)9-8-19-17-7-6-15(21)11-14(17)10-13-4-2-3-5-16(13)18(19)12-20/h2-7,11,18,21H,8-10,12H2,1H3. The number of hydroxylamine groups is 3. The van der Waals surface area contributed by atoms with Crippen LogP contribution < -0.4 is 4.90 Å². The smallest absolute Gasteiger partial charge is 0.116 e. The Morgan fingerprint density at radius 1 is 1.18 bits per heavy atom. The fourth-order valence-corrected chi connectivity index (χ4v) is 3.80. The van der Waals surface area contributed by atoms with Crippen LogP contribution in [0.1, 0.15) is 22.7 Å². The number of nitrogens with zero attached hydrogens (tertiary/aromatic N) is 2. The fourth-order valence-electron chi connectivity index (χ4n) is 3.80. The van der Waals surface area contributed by atoms with Gasteiger partial charge in [-0.25, -0.2) is 0 Å². The SMILES string of the molecule is C[N+]1([O-])CCN2c3ccc(O)cc3Cc3ccccc3C2C1. The van der Waals surface area contributed by atoms with Crippen molar-refractivity contribution in [3.63, 3.8) is 0 Å². The molecule has 2 aliphatic rings. The summed E-state index contributed by atoms with van der Waals surface area (Å²) < 4.78 is -0.192. The van der Waals surface area contributed by atoms with Crippen LogP contribution in [0.5, 0.6) is 5.75 Å². The molecular weight excluding hydrogens is 276 g/mol. The largest absolute Gasteiger partial charge is 0.633 e. The van der Waals surface area contributed by atoms with Gasteiger partial charge in [0, 0.05) is 5.69 Å². The zero-order valence-electron chi connectivity index (χ0n) is 12.7. The number of hydrogen-bond acceptors (Lipinski definition) is 3. The average Bonchev–Trinajstić information content (AvgIpc) is 2.60. The number of fused-ring (bicyclic) bond motifs is 5. The van der Waals surface area contributed by atoms with Gasteiger partial charge in [0.1, 0.15) is 18.3 Å². The number of likely N-dealkylation sites (N-methyl/N-ethyl adjacent to an activating group) is 1. The predicted molar refractivity (Wildman–Crippen MR) is 86.7 cm³/mol. The highest BCUT2D eigenvalue weighted by Gasteiger charge is 2.36. The Kier molecular flexibility index (Phi) is 2.93. The Labute approximate surface area is 130 Å². The number of rotatable bonds is 0. The molecule has 2 heterocycles. The van der Waals surface area contributed by atoms with Crippen LogP contribution in [0.2, 0.25) is 0 Å². The Morgan fingerprint density at radius 3 is 2.86 bits per heavy atom. The number of quaternary nitrogens is 1. The molecule has 4 rings (SSSR count). The van der Waals surface area contributed by atoms with Gasteiger partial charge in [-0.05, 0) is 41.3 Å². The van der Waals surface area contributed by atoms with E-state index in [2.05, 4.69) is 17.0 Å². The molecule has 0 radical (unpaired) electrons. The highest BCUT2D eigenvalue weighted by molar-refractivity contribution is 5.62. The maximum atomic E-state index is 12.5. The molecule has 0 aliphatic carbocycles. The van der Waals surface area contributed by atoms with Crippen LogP contribution in [0.15, 0.2) is 42.5 Å². The Balaban J connectivity index is 1.90. The van der Waals surface area contributed by atoms with Crippen LogP contribution in [-0.4, -0.2) is 36.4 Å². The van der Waals surface area contributed by atoms with Crippen LogP contribution in [0.3, 0.4) is 0 Å². The number of piperazine rings is 1. The van der Waals surface area contributed by atoms with Gasteiger partial charge in [0.15, 0.2) is 0 Å². The van der Waals surface area contributed by atoms with E-state index >= 15 is 0 Å². The molecule has 2 unspecified atom stereocenters. The second-order valence-corrected chi connectivity index (χ2v) is 6.60. The molecule has 4 nitrogen and oxygen atoms in total. The van der Waals surface area contributed by atoms with Gasteiger partial charge in [-0.1, -0.05) is 24.3 Å². The van der Waals surface area contributed by atoms with E-state index in [1.165, 1.54) is 11.1 Å². The third-order valence-corrected chi connectivity index (χ3v) is 4.92. The summed E-state index contributed by atoms with van der Waals surface area (Å²) in [6, 6.07) is 14.1. The molecule has 2 aromatic carbocycles. The quantitative estimate of drug-likeness (QED) is 0.600. The molecule has 22 heavy (non-hydrogen) atoms. The number of benzene rings is 2. The van der Waals surface area contributed by atoms with Crippen molar-refractivity contribution >= 4 is 5.69 Å². The lowest BCUT2D eigenvalue weighted by Crippen LogP contribution is -2.55. The Hall–Kier alpha value is -2.04. The highest BCUT2D eigenvalue weighted by Crippen LogP contribution is 2.41. The van der Waals surface area contributed by atoms with Crippen molar-refractivity contribution in [2.75, 3.05) is 31.6 Å². The molecule has 0 spiro atoms. The van der Waals surface area contributed by atoms with E-state index in [9.17, 15) is 10.3 Å². The number of anilines is 1. The third kappa shape index (κ3) is 2.16. The van der Waals surface area contributed by atoms with Crippen LogP contribution >= 0.6 is 0 Å². The molecular formula is C18H20N2O2. The number of phenolic OH excluding ortho intramolecular Hbond substituents is 1. The van der Waals surface area contributed by atoms with Gasteiger partial charge in [0.05, 0.1) is 20.1 Å². The number of aromatic hydroxyl groups is 1. The van der Waals surface area contributed by atoms with Crippen LogP contribution in [0, 0.1) is 5.21 Å². The molecule has 0 saturated carbocycles. The summed E-state index contributed by atoms with van der Waals surface area (Å²) in [5.74, 6) is 0.302. The molecule has 114 valence electrons. The topological polar surface area (TPSA) is 46.5 Å². The Morgan fingerprint density at radius 2 is 2.00 bits per heavy atom. The molecule has 1 saturated heterocycles. The van der Waals surface area contributed by atoms with Gasteiger partial charge in [0.2, 0.25) is 0 Å². The van der Waals surface area contributed by atoms with E-state index in [0.29, 0.717) is 18.8 Å². The van der Waals surface area contributed by atoms with Crippen molar-refractivity contribution in [3.8, 4) is 5.75 Å². The number of phenols is 1. The first-order valence-corrected chi connectivity index (χ1v) is 7.75. The first kappa shape index (κ1) is 13.6. The molecule has 0 bridgehead atoms. The highest BCUT2D eigenvalue weighted by atomic mass is 16.5. The van der Waals surface area contributed by atoms with Crippen molar-refractivity contribution < 1.29 is 9.75 Å². The van der Waals surface area contributed by atoms with Gasteiger partial charge < -0.3 is 19.9 Å². The van der Waals surface area contributed by atoms with Gasteiger partial charge >= 0.3 is 0 Å². The van der Waals surface area contributed by atoms with Crippen LogP contribution in [0.25, 0.3) is 0 Å². The third-order valence-electron chi connectivity index (χ3n) is 4.92. The van der Waals surface area contributed by atoms with Gasteiger partial charge in [-0.3, -0.25) is 0 Å². The predicted octanol–water partition coefficient (Wildman–Crippen LogP) is 2.80. The van der Waals surface area contributed by atoms with E-state index in [1.54, 1.807) is 13.1 Å². The normalized spacial score (nSPS) is 26.6. The summed E-state index contributed by atoms with van der Waals surface area (Å²) in [5, 5.41) is 22.4. The molecule has 2 aliphatic heterocycles. The van der Waals surface area contributed by atoms with E-state index in [-0.39, 0.29) is 10.7 Å². The van der Waals surface area contributed by atoms with Gasteiger partial charge in [-0.2, -0.15) is 0 Å². The molecule has 1 N–H and O–H groups in total. The molecule has 2 aromatic rings. The molecule has 1 fully saturated rings. The molecule has 2 atom stereocenters. The van der Waals surface area contributed by atoms with Gasteiger partial charge in [-0.15, -0.1) is 0 Å². The van der Waals surface area contributed by atoms with E-state index in [1.807, 2.05) is 24.3 Å². The Bertz CT molecular complexity index is 727. The first-order valence-electron chi connectivity index (χ1n) is 7.75. The van der Waals surface area contributed by atoms with Crippen molar-refractivity contribution in [3.05, 3.63) is 64.4 Å². The second kappa shape index (κ2) is 4.73. The van der Waals surface area contributed by atoms with Crippen LogP contribution in [-0.2, 0) is 6.42 Å². The minimum absolute atomic E-state index is 0.109. The van der Waals surface area contributed by atoms with E-state index in [0.717, 1.165) is 24.2 Å². The summed E-state index contributed by atoms with van der Waals surface area (Å²) in [6.07, 6.45) is 0.801. The van der Waals surface area contributed by atoms with Crippen molar-refractivity contribution in [1.29, 1.82) is 0 Å². The molecule has 0 aromatic heterocycles. The minimum Gasteiger partial charge on any atom is -0.633 e. The summed E-state index contributed by atoms with van der Waals surface area (Å²) in [7, 11) is 1.77. The summed E-state index contributed by atoms with van der Waals surface area (Å²) in [4.78, 5) is 2.35. The van der Waals surface area contributed by atoms with Crippen LogP contribution in [0.4, 0.5) is 5.69 Å². The molecule has 0 amide bonds. The lowest BCUT2D eigenvalue weighted by Gasteiger charge is -2.50. The first-order chi connectivity index (χ1) is 10.5. The van der Waals surface area contributed by atoms with Crippen molar-refractivity contribution in [2.24, 2.45) is 0 Å². The monoisotopic (exact) mass is 296 g/mol. The summed E-state index contributed by atoms with van der Waals surface area (Å²) >= 11 is 0. The zero-order valence-corrected chi connectivity index (χ0v) is 12.7. The lowest BCUT2D eigenvalue weighted by atomic mass is 9.96. The average molecular weight is 296 g/mol. The second-order valence-electron chi connectivity index (χ2n) is 6.60. The summed E-state index contributed by atoms with van der Waals surface area (Å²) in [5.41, 5.74) is 4.79. The zero-order chi connectivity index (χ0) is 15.3. The van der Waals surface area contributed by atoms with E-state index in [4.69, 9.17) is 0 Å². The number of hydrogen-bond donors (Lipinski definition) is 1. The van der Waals surface area contributed by atoms with Gasteiger partial charge in [0.25, 0.3) is 0 Å². The van der Waals surface area contributed by atoms with Crippen molar-refractivity contribution in [1.82, 2.24) is 0 Å². The minimum atomic E-state index is -0.192. The maximum absolute atomic E-state index is 12.5. The summed E-state index contributed by atoms with van der Waals surface area (Å²) in [6.45, 7) is 1.91. The van der Waals surface area contributed by atoms with Crippen molar-refractivity contribution in [2.45, 2.75) is 12.5 Å². The lowest BCUT2D eigenvalue weighted by molar-refractivity contribution is -0.864. The fraction of sp³-hybridized carbons (Fsp3) is 0.333. The maximum Gasteiger partial charge on any atom is 0.116 e. The molecule has 4 heteroatoms.